The monoisotopic (exact) mass is 246 g/mol. The normalized spacial score (nSPS) is 23.9. The molecule has 0 spiro atoms. The van der Waals surface area contributed by atoms with Gasteiger partial charge in [0.1, 0.15) is 5.75 Å². The van der Waals surface area contributed by atoms with E-state index in [2.05, 4.69) is 6.92 Å². The van der Waals surface area contributed by atoms with Crippen molar-refractivity contribution in [2.75, 3.05) is 0 Å². The van der Waals surface area contributed by atoms with Crippen LogP contribution in [0.5, 0.6) is 5.75 Å². The first-order valence-electron chi connectivity index (χ1n) is 7.12. The van der Waals surface area contributed by atoms with E-state index in [1.165, 1.54) is 25.7 Å². The van der Waals surface area contributed by atoms with E-state index >= 15 is 0 Å². The predicted molar refractivity (Wildman–Crippen MR) is 71.6 cm³/mol. The molecular formula is C16H22O2. The minimum atomic E-state index is -0.359. The molecule has 18 heavy (non-hydrogen) atoms. The zero-order valence-corrected chi connectivity index (χ0v) is 11.1. The zero-order valence-electron chi connectivity index (χ0n) is 11.1. The number of rotatable bonds is 4. The Bertz CT molecular complexity index is 417. The summed E-state index contributed by atoms with van der Waals surface area (Å²) in [6, 6.07) is 8.03. The summed E-state index contributed by atoms with van der Waals surface area (Å²) in [4.78, 5) is 0. The van der Waals surface area contributed by atoms with Crippen LogP contribution in [-0.2, 0) is 0 Å². The van der Waals surface area contributed by atoms with E-state index in [0.717, 1.165) is 24.2 Å². The Hall–Kier alpha value is -1.02. The Labute approximate surface area is 109 Å². The van der Waals surface area contributed by atoms with Gasteiger partial charge in [-0.25, -0.2) is 0 Å². The van der Waals surface area contributed by atoms with Gasteiger partial charge in [0.05, 0.1) is 12.2 Å². The molecule has 2 nitrogen and oxygen atoms in total. The van der Waals surface area contributed by atoms with Crippen molar-refractivity contribution in [1.82, 2.24) is 0 Å². The molecule has 2 saturated carbocycles. The Morgan fingerprint density at radius 2 is 2.00 bits per heavy atom. The molecule has 1 unspecified atom stereocenters. The van der Waals surface area contributed by atoms with Crippen molar-refractivity contribution < 1.29 is 9.84 Å². The van der Waals surface area contributed by atoms with Gasteiger partial charge in [-0.2, -0.15) is 0 Å². The minimum Gasteiger partial charge on any atom is -0.490 e. The summed E-state index contributed by atoms with van der Waals surface area (Å²) in [5.41, 5.74) is 1.07. The number of ether oxygens (including phenoxy) is 1. The maximum atomic E-state index is 10.6. The molecule has 1 atom stereocenters. The minimum absolute atomic E-state index is 0.0538. The lowest BCUT2D eigenvalue weighted by molar-refractivity contribution is 0.0406. The van der Waals surface area contributed by atoms with Crippen LogP contribution in [0.15, 0.2) is 24.3 Å². The van der Waals surface area contributed by atoms with Gasteiger partial charge in [-0.1, -0.05) is 31.9 Å². The summed E-state index contributed by atoms with van der Waals surface area (Å²) in [6.45, 7) is 2.21. The van der Waals surface area contributed by atoms with Crippen LogP contribution >= 0.6 is 0 Å². The molecule has 2 fully saturated rings. The van der Waals surface area contributed by atoms with Gasteiger partial charge in [0.2, 0.25) is 0 Å². The fourth-order valence-corrected chi connectivity index (χ4v) is 2.99. The highest BCUT2D eigenvalue weighted by atomic mass is 16.5. The summed E-state index contributed by atoms with van der Waals surface area (Å²) >= 11 is 0. The van der Waals surface area contributed by atoms with E-state index in [0.29, 0.717) is 6.10 Å². The molecule has 2 aliphatic rings. The van der Waals surface area contributed by atoms with Gasteiger partial charge < -0.3 is 9.84 Å². The first-order chi connectivity index (χ1) is 8.67. The Balaban J connectivity index is 1.77. The maximum absolute atomic E-state index is 10.6. The predicted octanol–water partition coefficient (Wildman–Crippen LogP) is 3.84. The highest BCUT2D eigenvalue weighted by molar-refractivity contribution is 5.31. The second kappa shape index (κ2) is 4.58. The molecule has 0 saturated heterocycles. The second-order valence-corrected chi connectivity index (χ2v) is 6.15. The van der Waals surface area contributed by atoms with Gasteiger partial charge in [-0.05, 0) is 48.8 Å². The molecule has 2 aliphatic carbocycles. The Kier molecular flexibility index (Phi) is 3.06. The second-order valence-electron chi connectivity index (χ2n) is 6.15. The number of benzene rings is 1. The molecule has 98 valence electrons. The van der Waals surface area contributed by atoms with Gasteiger partial charge in [0, 0.05) is 0 Å². The Morgan fingerprint density at radius 3 is 2.67 bits per heavy atom. The van der Waals surface area contributed by atoms with E-state index < -0.39 is 0 Å². The van der Waals surface area contributed by atoms with Gasteiger partial charge in [-0.15, -0.1) is 0 Å². The highest BCUT2D eigenvalue weighted by Crippen LogP contribution is 2.47. The molecule has 1 aromatic rings. The molecule has 0 heterocycles. The van der Waals surface area contributed by atoms with Crippen molar-refractivity contribution in [2.45, 2.75) is 57.7 Å². The molecule has 0 aliphatic heterocycles. The SMILES string of the molecule is CC1(C(O)c2cccc(OC3CC3)c2)CCCC1. The average Bonchev–Trinajstić information content (AvgIpc) is 3.08. The lowest BCUT2D eigenvalue weighted by Gasteiger charge is -2.30. The molecule has 0 bridgehead atoms. The topological polar surface area (TPSA) is 29.5 Å². The fraction of sp³-hybridized carbons (Fsp3) is 0.625. The number of aliphatic hydroxyl groups excluding tert-OH is 1. The van der Waals surface area contributed by atoms with Crippen molar-refractivity contribution in [3.63, 3.8) is 0 Å². The summed E-state index contributed by atoms with van der Waals surface area (Å²) in [7, 11) is 0. The quantitative estimate of drug-likeness (QED) is 0.874. The van der Waals surface area contributed by atoms with Crippen LogP contribution < -0.4 is 4.74 Å². The van der Waals surface area contributed by atoms with Gasteiger partial charge in [0.25, 0.3) is 0 Å². The molecule has 1 N–H and O–H groups in total. The number of hydrogen-bond acceptors (Lipinski definition) is 2. The van der Waals surface area contributed by atoms with Crippen LogP contribution in [0.1, 0.15) is 57.1 Å². The lowest BCUT2D eigenvalue weighted by Crippen LogP contribution is -2.21. The molecule has 0 amide bonds. The standard InChI is InChI=1S/C16H22O2/c1-16(9-2-3-10-16)15(17)12-5-4-6-14(11-12)18-13-7-8-13/h4-6,11,13,15,17H,2-3,7-10H2,1H3. The van der Waals surface area contributed by atoms with Crippen molar-refractivity contribution in [2.24, 2.45) is 5.41 Å². The van der Waals surface area contributed by atoms with Crippen LogP contribution in [0.2, 0.25) is 0 Å². The first-order valence-corrected chi connectivity index (χ1v) is 7.12. The summed E-state index contributed by atoms with van der Waals surface area (Å²) in [5, 5.41) is 10.6. The van der Waals surface area contributed by atoms with Crippen LogP contribution in [0.3, 0.4) is 0 Å². The van der Waals surface area contributed by atoms with Crippen LogP contribution in [0, 0.1) is 5.41 Å². The van der Waals surface area contributed by atoms with Crippen molar-refractivity contribution in [1.29, 1.82) is 0 Å². The van der Waals surface area contributed by atoms with Crippen molar-refractivity contribution >= 4 is 0 Å². The zero-order chi connectivity index (χ0) is 12.6. The Morgan fingerprint density at radius 1 is 1.28 bits per heavy atom. The van der Waals surface area contributed by atoms with Crippen LogP contribution in [0.4, 0.5) is 0 Å². The van der Waals surface area contributed by atoms with Gasteiger partial charge in [0.15, 0.2) is 0 Å². The van der Waals surface area contributed by atoms with E-state index in [-0.39, 0.29) is 11.5 Å². The third-order valence-electron chi connectivity index (χ3n) is 4.41. The summed E-state index contributed by atoms with van der Waals surface area (Å²) in [6.07, 6.45) is 7.14. The van der Waals surface area contributed by atoms with E-state index in [4.69, 9.17) is 4.74 Å². The number of hydrogen-bond donors (Lipinski definition) is 1. The molecule has 0 radical (unpaired) electrons. The lowest BCUT2D eigenvalue weighted by atomic mass is 9.79. The van der Waals surface area contributed by atoms with Crippen molar-refractivity contribution in [3.8, 4) is 5.75 Å². The maximum Gasteiger partial charge on any atom is 0.120 e. The van der Waals surface area contributed by atoms with Crippen LogP contribution in [-0.4, -0.2) is 11.2 Å². The summed E-state index contributed by atoms with van der Waals surface area (Å²) in [5.74, 6) is 0.913. The molecule has 0 aromatic heterocycles. The van der Waals surface area contributed by atoms with E-state index in [1.807, 2.05) is 24.3 Å². The largest absolute Gasteiger partial charge is 0.490 e. The van der Waals surface area contributed by atoms with Gasteiger partial charge >= 0.3 is 0 Å². The third kappa shape index (κ3) is 2.39. The number of aliphatic hydroxyl groups is 1. The van der Waals surface area contributed by atoms with E-state index in [1.54, 1.807) is 0 Å². The molecule has 2 heteroatoms. The van der Waals surface area contributed by atoms with Crippen LogP contribution in [0.25, 0.3) is 0 Å². The third-order valence-corrected chi connectivity index (χ3v) is 4.41. The van der Waals surface area contributed by atoms with Crippen molar-refractivity contribution in [3.05, 3.63) is 29.8 Å². The van der Waals surface area contributed by atoms with E-state index in [9.17, 15) is 5.11 Å². The fourth-order valence-electron chi connectivity index (χ4n) is 2.99. The highest BCUT2D eigenvalue weighted by Gasteiger charge is 2.37. The molecular weight excluding hydrogens is 224 g/mol. The molecule has 1 aromatic carbocycles. The van der Waals surface area contributed by atoms with Gasteiger partial charge in [-0.3, -0.25) is 0 Å². The first kappa shape index (κ1) is 12.0. The molecule has 3 rings (SSSR count). The summed E-state index contributed by atoms with van der Waals surface area (Å²) < 4.78 is 5.80. The average molecular weight is 246 g/mol. The smallest absolute Gasteiger partial charge is 0.120 e.